The zero-order chi connectivity index (χ0) is 15.4. The molecule has 0 aliphatic rings. The van der Waals surface area contributed by atoms with Gasteiger partial charge in [0, 0.05) is 19.6 Å². The summed E-state index contributed by atoms with van der Waals surface area (Å²) in [6.07, 6.45) is -5.86. The fourth-order valence-electron chi connectivity index (χ4n) is 1.36. The Morgan fingerprint density at radius 1 is 1.05 bits per heavy atom. The Bertz CT molecular complexity index is 302. The molecule has 0 bridgehead atoms. The van der Waals surface area contributed by atoms with E-state index in [1.165, 1.54) is 0 Å². The number of halogens is 5. The molecule has 3 nitrogen and oxygen atoms in total. The van der Waals surface area contributed by atoms with Crippen LogP contribution in [0.25, 0.3) is 0 Å². The Hall–Kier alpha value is -0.920. The van der Waals surface area contributed by atoms with Gasteiger partial charge in [-0.1, -0.05) is 13.8 Å². The zero-order valence-electron chi connectivity index (χ0n) is 11.4. The van der Waals surface area contributed by atoms with Gasteiger partial charge in [-0.15, -0.1) is 0 Å². The van der Waals surface area contributed by atoms with E-state index < -0.39 is 18.0 Å². The number of hydrogen-bond acceptors (Lipinski definition) is 2. The van der Waals surface area contributed by atoms with Crippen LogP contribution >= 0.6 is 0 Å². The molecule has 0 unspecified atom stereocenters. The van der Waals surface area contributed by atoms with E-state index in [0.29, 0.717) is 4.90 Å². The van der Waals surface area contributed by atoms with Crippen molar-refractivity contribution in [3.05, 3.63) is 0 Å². The van der Waals surface area contributed by atoms with Gasteiger partial charge in [0.25, 0.3) is 0 Å². The van der Waals surface area contributed by atoms with Crippen molar-refractivity contribution in [3.8, 4) is 0 Å². The third-order valence-corrected chi connectivity index (χ3v) is 2.31. The summed E-state index contributed by atoms with van der Waals surface area (Å²) in [5.74, 6) is -7.72. The summed E-state index contributed by atoms with van der Waals surface area (Å²) in [5.41, 5.74) is 0. The number of carbonyl (C=O) groups is 1. The van der Waals surface area contributed by atoms with Gasteiger partial charge >= 0.3 is 18.0 Å². The maximum Gasteiger partial charge on any atom is 0.463 e. The van der Waals surface area contributed by atoms with E-state index in [0.717, 1.165) is 0 Å². The molecular formula is C11H19F5N2O. The van der Waals surface area contributed by atoms with E-state index >= 15 is 0 Å². The molecule has 0 atom stereocenters. The lowest BCUT2D eigenvalue weighted by Gasteiger charge is -2.30. The number of rotatable bonds is 6. The molecule has 0 aromatic carbocycles. The Morgan fingerprint density at radius 3 is 1.84 bits per heavy atom. The number of hydrogen-bond donors (Lipinski definition) is 0. The van der Waals surface area contributed by atoms with E-state index in [-0.39, 0.29) is 25.6 Å². The van der Waals surface area contributed by atoms with Gasteiger partial charge in [0.2, 0.25) is 0 Å². The van der Waals surface area contributed by atoms with Crippen LogP contribution in [0.1, 0.15) is 13.8 Å². The number of likely N-dealkylation sites (N-methyl/N-ethyl adjacent to an activating group) is 1. The topological polar surface area (TPSA) is 23.6 Å². The highest BCUT2D eigenvalue weighted by Gasteiger charge is 2.64. The summed E-state index contributed by atoms with van der Waals surface area (Å²) >= 11 is 0. The molecule has 0 rings (SSSR count). The van der Waals surface area contributed by atoms with E-state index in [2.05, 4.69) is 0 Å². The number of amides is 1. The third kappa shape index (κ3) is 5.30. The van der Waals surface area contributed by atoms with Gasteiger partial charge in [-0.2, -0.15) is 22.0 Å². The molecule has 0 radical (unpaired) electrons. The van der Waals surface area contributed by atoms with Crippen LogP contribution in [0.3, 0.4) is 0 Å². The predicted octanol–water partition coefficient (Wildman–Crippen LogP) is 2.23. The van der Waals surface area contributed by atoms with Gasteiger partial charge in [-0.3, -0.25) is 4.79 Å². The van der Waals surface area contributed by atoms with Crippen LogP contribution in [0, 0.1) is 5.92 Å². The number of nitrogens with zero attached hydrogens (tertiary/aromatic N) is 2. The highest BCUT2D eigenvalue weighted by atomic mass is 19.4. The monoisotopic (exact) mass is 290 g/mol. The molecule has 114 valence electrons. The molecule has 0 spiro atoms. The minimum absolute atomic E-state index is 0.141. The normalized spacial score (nSPS) is 13.2. The maximum absolute atomic E-state index is 13.0. The highest BCUT2D eigenvalue weighted by Crippen LogP contribution is 2.37. The molecule has 0 heterocycles. The molecule has 0 aromatic rings. The minimum atomic E-state index is -5.86. The lowest BCUT2D eigenvalue weighted by atomic mass is 10.2. The van der Waals surface area contributed by atoms with Crippen LogP contribution in [-0.4, -0.2) is 61.5 Å². The van der Waals surface area contributed by atoms with Gasteiger partial charge in [0.15, 0.2) is 0 Å². The quantitative estimate of drug-likeness (QED) is 0.700. The van der Waals surface area contributed by atoms with Crippen LogP contribution in [0.2, 0.25) is 0 Å². The van der Waals surface area contributed by atoms with Crippen molar-refractivity contribution in [1.82, 2.24) is 9.80 Å². The predicted molar refractivity (Wildman–Crippen MR) is 61.0 cm³/mol. The Kier molecular flexibility index (Phi) is 6.18. The summed E-state index contributed by atoms with van der Waals surface area (Å²) in [4.78, 5) is 13.6. The highest BCUT2D eigenvalue weighted by molar-refractivity contribution is 5.84. The van der Waals surface area contributed by atoms with Gasteiger partial charge in [-0.25, -0.2) is 0 Å². The van der Waals surface area contributed by atoms with Crippen LogP contribution in [0.5, 0.6) is 0 Å². The second-order valence-electron chi connectivity index (χ2n) is 5.02. The molecule has 0 N–H and O–H groups in total. The summed E-state index contributed by atoms with van der Waals surface area (Å²) in [5, 5.41) is 0. The first-order valence-corrected chi connectivity index (χ1v) is 5.78. The summed E-state index contributed by atoms with van der Waals surface area (Å²) in [7, 11) is 3.28. The van der Waals surface area contributed by atoms with Crippen molar-refractivity contribution in [3.63, 3.8) is 0 Å². The van der Waals surface area contributed by atoms with Gasteiger partial charge in [0.05, 0.1) is 0 Å². The maximum atomic E-state index is 13.0. The molecular weight excluding hydrogens is 271 g/mol. The lowest BCUT2D eigenvalue weighted by molar-refractivity contribution is -0.274. The van der Waals surface area contributed by atoms with Crippen molar-refractivity contribution >= 4 is 5.91 Å². The van der Waals surface area contributed by atoms with E-state index in [9.17, 15) is 26.7 Å². The summed E-state index contributed by atoms with van der Waals surface area (Å²) < 4.78 is 62.6. The van der Waals surface area contributed by atoms with Gasteiger partial charge < -0.3 is 9.80 Å². The van der Waals surface area contributed by atoms with Crippen molar-refractivity contribution in [1.29, 1.82) is 0 Å². The summed E-state index contributed by atoms with van der Waals surface area (Å²) in [6, 6.07) is 0. The van der Waals surface area contributed by atoms with Crippen LogP contribution in [-0.2, 0) is 4.79 Å². The summed E-state index contributed by atoms with van der Waals surface area (Å²) in [6.45, 7) is 3.18. The van der Waals surface area contributed by atoms with Crippen LogP contribution in [0.15, 0.2) is 0 Å². The van der Waals surface area contributed by atoms with Crippen molar-refractivity contribution in [2.24, 2.45) is 5.92 Å². The molecule has 1 amide bonds. The number of carbonyl (C=O) groups excluding carboxylic acids is 1. The molecule has 0 aliphatic heterocycles. The smallest absolute Gasteiger partial charge is 0.336 e. The standard InChI is InChI=1S/C11H19F5N2O/c1-8(2)7-18(6-5-17(3)4)9(19)10(12,13)11(14,15)16/h8H,5-7H2,1-4H3. The molecule has 0 fully saturated rings. The van der Waals surface area contributed by atoms with Crippen molar-refractivity contribution < 1.29 is 26.7 Å². The molecule has 0 saturated carbocycles. The van der Waals surface area contributed by atoms with Crippen molar-refractivity contribution in [2.45, 2.75) is 25.9 Å². The van der Waals surface area contributed by atoms with Crippen LogP contribution < -0.4 is 0 Å². The molecule has 19 heavy (non-hydrogen) atoms. The Morgan fingerprint density at radius 2 is 1.53 bits per heavy atom. The van der Waals surface area contributed by atoms with E-state index in [1.54, 1.807) is 32.8 Å². The van der Waals surface area contributed by atoms with E-state index in [1.807, 2.05) is 0 Å². The first-order chi connectivity index (χ1) is 8.39. The molecule has 8 heteroatoms. The Labute approximate surface area is 109 Å². The van der Waals surface area contributed by atoms with Crippen molar-refractivity contribution in [2.75, 3.05) is 33.7 Å². The first kappa shape index (κ1) is 18.1. The Balaban J connectivity index is 4.99. The van der Waals surface area contributed by atoms with Gasteiger partial charge in [-0.05, 0) is 20.0 Å². The largest absolute Gasteiger partial charge is 0.463 e. The fraction of sp³-hybridized carbons (Fsp3) is 0.909. The van der Waals surface area contributed by atoms with E-state index in [4.69, 9.17) is 0 Å². The second-order valence-corrected chi connectivity index (χ2v) is 5.02. The molecule has 0 saturated heterocycles. The first-order valence-electron chi connectivity index (χ1n) is 5.78. The average Bonchev–Trinajstić information content (AvgIpc) is 2.20. The SMILES string of the molecule is CC(C)CN(CCN(C)C)C(=O)C(F)(F)C(F)(F)F. The molecule has 0 aliphatic carbocycles. The third-order valence-electron chi connectivity index (χ3n) is 2.31. The number of alkyl halides is 5. The lowest BCUT2D eigenvalue weighted by Crippen LogP contribution is -2.54. The fourth-order valence-corrected chi connectivity index (χ4v) is 1.36. The van der Waals surface area contributed by atoms with Crippen LogP contribution in [0.4, 0.5) is 22.0 Å². The minimum Gasteiger partial charge on any atom is -0.336 e. The second kappa shape index (κ2) is 6.49. The average molecular weight is 290 g/mol. The van der Waals surface area contributed by atoms with Gasteiger partial charge in [0.1, 0.15) is 0 Å². The molecule has 0 aromatic heterocycles. The zero-order valence-corrected chi connectivity index (χ0v) is 11.4.